The van der Waals surface area contributed by atoms with Crippen LogP contribution in [0.2, 0.25) is 0 Å². The number of carbonyl (C=O) groups excluding carboxylic acids is 1. The molecule has 3 N–H and O–H groups in total. The fourth-order valence-corrected chi connectivity index (χ4v) is 4.64. The van der Waals surface area contributed by atoms with Crippen LogP contribution in [0, 0.1) is 5.82 Å². The number of aromatic nitrogens is 3. The highest BCUT2D eigenvalue weighted by Crippen LogP contribution is 2.35. The van der Waals surface area contributed by atoms with Crippen molar-refractivity contribution >= 4 is 22.6 Å². The van der Waals surface area contributed by atoms with Crippen LogP contribution in [-0.4, -0.2) is 38.7 Å². The Balaban J connectivity index is 1.54. The SMILES string of the molecule is C=CC(=O)N1CCCC(c2cn(-c3ccc(Oc4ccccc4F)cc3)c3c(N)n[nH]c(=O)c23)C1. The number of ether oxygens (including phenoxy) is 1. The lowest BCUT2D eigenvalue weighted by Crippen LogP contribution is -2.38. The Hall–Kier alpha value is -4.40. The number of nitrogens with one attached hydrogen (secondary N) is 1. The molecule has 3 heterocycles. The van der Waals surface area contributed by atoms with Crippen molar-refractivity contribution < 1.29 is 13.9 Å². The van der Waals surface area contributed by atoms with E-state index in [2.05, 4.69) is 16.8 Å². The van der Waals surface area contributed by atoms with Gasteiger partial charge in [0.2, 0.25) is 5.91 Å². The summed E-state index contributed by atoms with van der Waals surface area (Å²) in [7, 11) is 0. The monoisotopic (exact) mass is 473 g/mol. The van der Waals surface area contributed by atoms with Crippen molar-refractivity contribution in [3.8, 4) is 17.2 Å². The number of hydrogen-bond donors (Lipinski definition) is 2. The highest BCUT2D eigenvalue weighted by Gasteiger charge is 2.28. The number of hydrogen-bond acceptors (Lipinski definition) is 5. The molecule has 2 aromatic heterocycles. The average molecular weight is 474 g/mol. The molecule has 1 unspecified atom stereocenters. The number of halogens is 1. The van der Waals surface area contributed by atoms with Crippen molar-refractivity contribution in [2.75, 3.05) is 18.8 Å². The Labute approximate surface area is 200 Å². The predicted molar refractivity (Wildman–Crippen MR) is 131 cm³/mol. The predicted octanol–water partition coefficient (Wildman–Crippen LogP) is 4.12. The Kier molecular flexibility index (Phi) is 5.82. The smallest absolute Gasteiger partial charge is 0.274 e. The van der Waals surface area contributed by atoms with Crippen molar-refractivity contribution in [1.82, 2.24) is 19.7 Å². The van der Waals surface area contributed by atoms with Gasteiger partial charge in [0.25, 0.3) is 5.56 Å². The molecule has 1 aliphatic heterocycles. The van der Waals surface area contributed by atoms with Gasteiger partial charge >= 0.3 is 0 Å². The largest absolute Gasteiger partial charge is 0.454 e. The Bertz CT molecular complexity index is 1470. The Morgan fingerprint density at radius 1 is 1.23 bits per heavy atom. The zero-order chi connectivity index (χ0) is 24.5. The summed E-state index contributed by atoms with van der Waals surface area (Å²) in [4.78, 5) is 26.8. The van der Waals surface area contributed by atoms with Crippen molar-refractivity contribution in [2.45, 2.75) is 18.8 Å². The van der Waals surface area contributed by atoms with E-state index in [1.54, 1.807) is 47.4 Å². The molecule has 9 heteroatoms. The maximum atomic E-state index is 13.9. The summed E-state index contributed by atoms with van der Waals surface area (Å²) >= 11 is 0. The molecular formula is C26H24FN5O3. The van der Waals surface area contributed by atoms with Gasteiger partial charge in [-0.25, -0.2) is 9.49 Å². The minimum absolute atomic E-state index is 0.0389. The number of aromatic amines is 1. The van der Waals surface area contributed by atoms with Crippen LogP contribution >= 0.6 is 0 Å². The number of nitrogens with zero attached hydrogens (tertiary/aromatic N) is 3. The van der Waals surface area contributed by atoms with Crippen LogP contribution in [0.1, 0.15) is 24.3 Å². The number of fused-ring (bicyclic) bond motifs is 1. The van der Waals surface area contributed by atoms with Gasteiger partial charge < -0.3 is 19.9 Å². The van der Waals surface area contributed by atoms with E-state index in [0.29, 0.717) is 29.7 Å². The summed E-state index contributed by atoms with van der Waals surface area (Å²) in [5, 5.41) is 6.90. The van der Waals surface area contributed by atoms with Crippen LogP contribution in [-0.2, 0) is 4.79 Å². The number of nitrogen functional groups attached to an aromatic ring is 1. The number of nitrogens with two attached hydrogens (primary N) is 1. The molecule has 5 rings (SSSR count). The summed E-state index contributed by atoms with van der Waals surface area (Å²) in [5.41, 5.74) is 7.91. The van der Waals surface area contributed by atoms with Gasteiger partial charge in [-0.2, -0.15) is 5.10 Å². The first-order valence-electron chi connectivity index (χ1n) is 11.3. The molecule has 0 radical (unpaired) electrons. The van der Waals surface area contributed by atoms with Gasteiger partial charge in [-0.05, 0) is 60.9 Å². The molecule has 0 saturated carbocycles. The topological polar surface area (TPSA) is 106 Å². The van der Waals surface area contributed by atoms with E-state index < -0.39 is 5.82 Å². The number of benzene rings is 2. The van der Waals surface area contributed by atoms with E-state index in [1.165, 1.54) is 12.1 Å². The highest BCUT2D eigenvalue weighted by molar-refractivity contribution is 5.92. The number of para-hydroxylation sites is 1. The zero-order valence-corrected chi connectivity index (χ0v) is 18.9. The van der Waals surface area contributed by atoms with Gasteiger partial charge in [-0.15, -0.1) is 0 Å². The number of H-pyrrole nitrogens is 1. The zero-order valence-electron chi connectivity index (χ0n) is 18.9. The lowest BCUT2D eigenvalue weighted by molar-refractivity contribution is -0.127. The van der Waals surface area contributed by atoms with Crippen molar-refractivity contribution in [1.29, 1.82) is 0 Å². The molecule has 0 aliphatic carbocycles. The normalized spacial score (nSPS) is 15.8. The van der Waals surface area contributed by atoms with Gasteiger partial charge in [-0.1, -0.05) is 18.7 Å². The number of anilines is 1. The standard InChI is InChI=1S/C26H24FN5O3/c1-2-22(33)31-13-5-6-16(14-31)19-15-32(24-23(19)26(34)30-29-25(24)28)17-9-11-18(12-10-17)35-21-8-4-3-7-20(21)27/h2-4,7-12,15-16H,1,5-6,13-14H2,(H2,28,29)(H,30,34). The second kappa shape index (κ2) is 9.09. The lowest BCUT2D eigenvalue weighted by Gasteiger charge is -2.32. The summed E-state index contributed by atoms with van der Waals surface area (Å²) in [6.07, 6.45) is 4.84. The molecule has 1 aliphatic rings. The molecule has 0 bridgehead atoms. The molecule has 178 valence electrons. The molecule has 8 nitrogen and oxygen atoms in total. The van der Waals surface area contributed by atoms with Crippen LogP contribution < -0.4 is 16.0 Å². The number of rotatable bonds is 5. The maximum Gasteiger partial charge on any atom is 0.274 e. The first-order chi connectivity index (χ1) is 17.0. The highest BCUT2D eigenvalue weighted by atomic mass is 19.1. The first-order valence-corrected chi connectivity index (χ1v) is 11.3. The summed E-state index contributed by atoms with van der Waals surface area (Å²) in [5.74, 6) is 0.164. The molecule has 2 aromatic carbocycles. The first kappa shape index (κ1) is 22.4. The molecule has 1 amide bonds. The van der Waals surface area contributed by atoms with Gasteiger partial charge in [0.05, 0.1) is 5.39 Å². The molecule has 1 saturated heterocycles. The third-order valence-electron chi connectivity index (χ3n) is 6.31. The van der Waals surface area contributed by atoms with Gasteiger partial charge in [0, 0.05) is 30.9 Å². The molecule has 1 atom stereocenters. The molecule has 35 heavy (non-hydrogen) atoms. The van der Waals surface area contributed by atoms with E-state index in [4.69, 9.17) is 10.5 Å². The summed E-state index contributed by atoms with van der Waals surface area (Å²) < 4.78 is 21.4. The summed E-state index contributed by atoms with van der Waals surface area (Å²) in [6, 6.07) is 13.2. The van der Waals surface area contributed by atoms with Crippen LogP contribution in [0.3, 0.4) is 0 Å². The third kappa shape index (κ3) is 4.16. The van der Waals surface area contributed by atoms with E-state index in [0.717, 1.165) is 24.1 Å². The Morgan fingerprint density at radius 3 is 2.74 bits per heavy atom. The molecular weight excluding hydrogens is 449 g/mol. The van der Waals surface area contributed by atoms with Gasteiger partial charge in [0.1, 0.15) is 11.3 Å². The van der Waals surface area contributed by atoms with E-state index in [9.17, 15) is 14.0 Å². The van der Waals surface area contributed by atoms with Crippen LogP contribution in [0.15, 0.2) is 72.2 Å². The fraction of sp³-hybridized carbons (Fsp3) is 0.192. The van der Waals surface area contributed by atoms with E-state index in [1.807, 2.05) is 10.8 Å². The number of piperidine rings is 1. The average Bonchev–Trinajstić information content (AvgIpc) is 3.30. The third-order valence-corrected chi connectivity index (χ3v) is 6.31. The number of likely N-dealkylation sites (tertiary alicyclic amines) is 1. The molecule has 4 aromatic rings. The number of amides is 1. The van der Waals surface area contributed by atoms with Crippen molar-refractivity contribution in [3.63, 3.8) is 0 Å². The molecule has 1 fully saturated rings. The van der Waals surface area contributed by atoms with E-state index >= 15 is 0 Å². The minimum atomic E-state index is -0.452. The van der Waals surface area contributed by atoms with Gasteiger partial charge in [0.15, 0.2) is 17.4 Å². The number of carbonyl (C=O) groups is 1. The van der Waals surface area contributed by atoms with Crippen molar-refractivity contribution in [3.05, 3.63) is 89.1 Å². The Morgan fingerprint density at radius 2 is 2.00 bits per heavy atom. The van der Waals surface area contributed by atoms with Gasteiger partial charge in [-0.3, -0.25) is 9.59 Å². The van der Waals surface area contributed by atoms with E-state index in [-0.39, 0.29) is 29.0 Å². The fourth-order valence-electron chi connectivity index (χ4n) is 4.64. The second-order valence-electron chi connectivity index (χ2n) is 8.47. The quantitative estimate of drug-likeness (QED) is 0.424. The molecule has 0 spiro atoms. The maximum absolute atomic E-state index is 13.9. The minimum Gasteiger partial charge on any atom is -0.454 e. The summed E-state index contributed by atoms with van der Waals surface area (Å²) in [6.45, 7) is 4.73. The van der Waals surface area contributed by atoms with Crippen LogP contribution in [0.25, 0.3) is 16.6 Å². The lowest BCUT2D eigenvalue weighted by atomic mass is 9.90. The van der Waals surface area contributed by atoms with Crippen LogP contribution in [0.5, 0.6) is 11.5 Å². The van der Waals surface area contributed by atoms with Crippen LogP contribution in [0.4, 0.5) is 10.2 Å². The second-order valence-corrected chi connectivity index (χ2v) is 8.47. The van der Waals surface area contributed by atoms with Crippen molar-refractivity contribution in [2.24, 2.45) is 0 Å².